The number of nitrogens with zero attached hydrogens (tertiary/aromatic N) is 3. The largest absolute Gasteiger partial charge is 0.411 e. The summed E-state index contributed by atoms with van der Waals surface area (Å²) >= 11 is 0. The number of carbonyl (C=O) groups is 1. The van der Waals surface area contributed by atoms with Crippen molar-refractivity contribution in [2.75, 3.05) is 13.2 Å². The number of aromatic nitrogens is 2. The molecule has 0 saturated heterocycles. The van der Waals surface area contributed by atoms with Crippen LogP contribution in [0.1, 0.15) is 23.1 Å². The topological polar surface area (TPSA) is 113 Å². The van der Waals surface area contributed by atoms with E-state index in [1.54, 1.807) is 6.92 Å². The first-order valence-electron chi connectivity index (χ1n) is 5.85. The summed E-state index contributed by atoms with van der Waals surface area (Å²) in [5, 5.41) is 14.8. The van der Waals surface area contributed by atoms with E-state index in [-0.39, 0.29) is 18.7 Å². The van der Waals surface area contributed by atoms with Gasteiger partial charge >= 0.3 is 11.9 Å². The fraction of sp³-hybridized carbons (Fsp3) is 0.600. The van der Waals surface area contributed by atoms with E-state index < -0.39 is 41.6 Å². The molecule has 2 N–H and O–H groups in total. The highest BCUT2D eigenvalue weighted by Crippen LogP contribution is 2.24. The van der Waals surface area contributed by atoms with Gasteiger partial charge in [-0.2, -0.15) is 18.3 Å². The van der Waals surface area contributed by atoms with Gasteiger partial charge in [0.2, 0.25) is 5.69 Å². The molecule has 0 aromatic carbocycles. The molecule has 1 aromatic rings. The monoisotopic (exact) mass is 310 g/mol. The molecule has 1 aromatic heterocycles. The van der Waals surface area contributed by atoms with Crippen molar-refractivity contribution in [3.05, 3.63) is 21.5 Å². The van der Waals surface area contributed by atoms with Crippen LogP contribution in [0.15, 0.2) is 0 Å². The minimum absolute atomic E-state index is 0.0321. The third kappa shape index (κ3) is 4.41. The lowest BCUT2D eigenvalue weighted by Gasteiger charge is -2.08. The van der Waals surface area contributed by atoms with Gasteiger partial charge in [-0.25, -0.2) is 0 Å². The van der Waals surface area contributed by atoms with Crippen molar-refractivity contribution in [1.29, 1.82) is 0 Å². The molecule has 11 heteroatoms. The Labute approximate surface area is 116 Å². The van der Waals surface area contributed by atoms with Crippen molar-refractivity contribution < 1.29 is 27.6 Å². The summed E-state index contributed by atoms with van der Waals surface area (Å²) in [5.74, 6) is -1.08. The molecule has 8 nitrogen and oxygen atoms in total. The minimum atomic E-state index is -4.47. The number of ether oxygens (including phenoxy) is 1. The molecule has 0 bridgehead atoms. The molecule has 0 aliphatic heterocycles. The van der Waals surface area contributed by atoms with Crippen molar-refractivity contribution in [3.63, 3.8) is 0 Å². The quantitative estimate of drug-likeness (QED) is 0.459. The lowest BCUT2D eigenvalue weighted by atomic mass is 10.2. The molecule has 1 rings (SSSR count). The minimum Gasteiger partial charge on any atom is -0.370 e. The Balaban J connectivity index is 2.92. The van der Waals surface area contributed by atoms with E-state index in [4.69, 9.17) is 5.73 Å². The fourth-order valence-electron chi connectivity index (χ4n) is 1.68. The second-order valence-corrected chi connectivity index (χ2v) is 4.01. The van der Waals surface area contributed by atoms with Crippen LogP contribution in [0.3, 0.4) is 0 Å². The Morgan fingerprint density at radius 1 is 1.52 bits per heavy atom. The number of nitrogens with two attached hydrogens (primary N) is 1. The van der Waals surface area contributed by atoms with E-state index in [9.17, 15) is 28.1 Å². The number of hydrogen-bond donors (Lipinski definition) is 1. The number of alkyl halides is 3. The average molecular weight is 310 g/mol. The molecule has 0 radical (unpaired) electrons. The highest BCUT2D eigenvalue weighted by atomic mass is 19.4. The zero-order chi connectivity index (χ0) is 16.2. The summed E-state index contributed by atoms with van der Waals surface area (Å²) in [6.45, 7) is -0.537. The Hall–Kier alpha value is -2.17. The highest BCUT2D eigenvalue weighted by molar-refractivity contribution is 5.95. The van der Waals surface area contributed by atoms with E-state index in [0.717, 1.165) is 4.68 Å². The van der Waals surface area contributed by atoms with Crippen LogP contribution < -0.4 is 5.73 Å². The van der Waals surface area contributed by atoms with Crippen LogP contribution in [0.5, 0.6) is 0 Å². The average Bonchev–Trinajstić information content (AvgIpc) is 2.72. The zero-order valence-electron chi connectivity index (χ0n) is 11.0. The smallest absolute Gasteiger partial charge is 0.370 e. The lowest BCUT2D eigenvalue weighted by Crippen LogP contribution is -2.22. The van der Waals surface area contributed by atoms with Crippen molar-refractivity contribution in [1.82, 2.24) is 9.78 Å². The summed E-state index contributed by atoms with van der Waals surface area (Å²) in [4.78, 5) is 21.5. The molecule has 0 spiro atoms. The van der Waals surface area contributed by atoms with Crippen molar-refractivity contribution in [2.24, 2.45) is 5.73 Å². The van der Waals surface area contributed by atoms with Crippen LogP contribution in [0.25, 0.3) is 0 Å². The molecule has 0 aliphatic rings. The van der Waals surface area contributed by atoms with E-state index in [2.05, 4.69) is 9.84 Å². The summed E-state index contributed by atoms with van der Waals surface area (Å²) in [5.41, 5.74) is 4.12. The van der Waals surface area contributed by atoms with Crippen LogP contribution in [0.2, 0.25) is 0 Å². The van der Waals surface area contributed by atoms with E-state index >= 15 is 0 Å². The normalized spacial score (nSPS) is 11.6. The molecular formula is C10H13F3N4O4. The standard InChI is InChI=1S/C10H13F3N4O4/c1-2-6-7(17(19)20)8(9(14)18)16(15-6)3-4-21-5-10(11,12)13/h2-5H2,1H3,(H2,14,18). The Morgan fingerprint density at radius 3 is 2.57 bits per heavy atom. The van der Waals surface area contributed by atoms with Gasteiger partial charge in [0.25, 0.3) is 5.91 Å². The molecule has 1 heterocycles. The Kier molecular flexibility index (Phi) is 5.24. The Bertz CT molecular complexity index is 541. The van der Waals surface area contributed by atoms with Gasteiger partial charge < -0.3 is 10.5 Å². The molecule has 0 atom stereocenters. The SMILES string of the molecule is CCc1nn(CCOCC(F)(F)F)c(C(N)=O)c1[N+](=O)[O-]. The second kappa shape index (κ2) is 6.52. The second-order valence-electron chi connectivity index (χ2n) is 4.01. The van der Waals surface area contributed by atoms with E-state index in [1.807, 2.05) is 0 Å². The molecule has 0 aliphatic carbocycles. The third-order valence-electron chi connectivity index (χ3n) is 2.46. The third-order valence-corrected chi connectivity index (χ3v) is 2.46. The van der Waals surface area contributed by atoms with Crippen molar-refractivity contribution in [3.8, 4) is 0 Å². The van der Waals surface area contributed by atoms with Crippen LogP contribution in [-0.2, 0) is 17.7 Å². The maximum atomic E-state index is 11.9. The van der Waals surface area contributed by atoms with Gasteiger partial charge in [0.15, 0.2) is 0 Å². The van der Waals surface area contributed by atoms with Gasteiger partial charge in [-0.15, -0.1) is 0 Å². The summed E-state index contributed by atoms with van der Waals surface area (Å²) in [7, 11) is 0. The number of rotatable bonds is 7. The van der Waals surface area contributed by atoms with Gasteiger partial charge in [0.05, 0.1) is 18.1 Å². The van der Waals surface area contributed by atoms with Gasteiger partial charge in [0, 0.05) is 0 Å². The van der Waals surface area contributed by atoms with Crippen LogP contribution in [0.4, 0.5) is 18.9 Å². The van der Waals surface area contributed by atoms with Crippen LogP contribution in [0, 0.1) is 10.1 Å². The molecule has 21 heavy (non-hydrogen) atoms. The van der Waals surface area contributed by atoms with E-state index in [1.165, 1.54) is 0 Å². The predicted octanol–water partition coefficient (Wildman–Crippen LogP) is 1.03. The Morgan fingerprint density at radius 2 is 2.14 bits per heavy atom. The number of hydrogen-bond acceptors (Lipinski definition) is 5. The maximum absolute atomic E-state index is 11.9. The molecular weight excluding hydrogens is 297 g/mol. The van der Waals surface area contributed by atoms with Gasteiger partial charge in [-0.1, -0.05) is 6.92 Å². The van der Waals surface area contributed by atoms with Crippen molar-refractivity contribution >= 4 is 11.6 Å². The number of primary amides is 1. The number of aryl methyl sites for hydroxylation is 1. The van der Waals surface area contributed by atoms with Crippen LogP contribution >= 0.6 is 0 Å². The molecule has 0 unspecified atom stereocenters. The van der Waals surface area contributed by atoms with Crippen LogP contribution in [-0.4, -0.2) is 40.0 Å². The first-order chi connectivity index (χ1) is 9.67. The first kappa shape index (κ1) is 16.9. The number of amides is 1. The van der Waals surface area contributed by atoms with Crippen molar-refractivity contribution in [2.45, 2.75) is 26.1 Å². The lowest BCUT2D eigenvalue weighted by molar-refractivity contribution is -0.385. The summed E-state index contributed by atoms with van der Waals surface area (Å²) < 4.78 is 41.0. The predicted molar refractivity (Wildman–Crippen MR) is 63.7 cm³/mol. The molecule has 0 fully saturated rings. The summed E-state index contributed by atoms with van der Waals surface area (Å²) in [6, 6.07) is 0. The number of carbonyl (C=O) groups excluding carboxylic acids is 1. The molecule has 0 saturated carbocycles. The molecule has 118 valence electrons. The first-order valence-corrected chi connectivity index (χ1v) is 5.85. The molecule has 1 amide bonds. The highest BCUT2D eigenvalue weighted by Gasteiger charge is 2.31. The number of halogens is 3. The zero-order valence-corrected chi connectivity index (χ0v) is 11.0. The maximum Gasteiger partial charge on any atom is 0.411 e. The van der Waals surface area contributed by atoms with Gasteiger partial charge in [-0.3, -0.25) is 19.6 Å². The number of nitro groups is 1. The summed E-state index contributed by atoms with van der Waals surface area (Å²) in [6.07, 6.45) is -4.30. The van der Waals surface area contributed by atoms with Gasteiger partial charge in [-0.05, 0) is 6.42 Å². The van der Waals surface area contributed by atoms with Gasteiger partial charge in [0.1, 0.15) is 12.3 Å². The fourth-order valence-corrected chi connectivity index (χ4v) is 1.68. The van der Waals surface area contributed by atoms with E-state index in [0.29, 0.717) is 0 Å².